The van der Waals surface area contributed by atoms with Crippen molar-refractivity contribution in [2.24, 2.45) is 0 Å². The van der Waals surface area contributed by atoms with Crippen molar-refractivity contribution in [1.82, 2.24) is 10.2 Å². The van der Waals surface area contributed by atoms with Gasteiger partial charge in [0, 0.05) is 12.1 Å². The number of nitrogens with zero attached hydrogens (tertiary/aromatic N) is 1. The lowest BCUT2D eigenvalue weighted by atomic mass is 10.2. The van der Waals surface area contributed by atoms with Crippen LogP contribution in [0.1, 0.15) is 34.1 Å². The average Bonchev–Trinajstić information content (AvgIpc) is 2.17. The molecule has 0 aliphatic rings. The van der Waals surface area contributed by atoms with E-state index in [-0.39, 0.29) is 12.6 Å². The van der Waals surface area contributed by atoms with E-state index < -0.39 is 0 Å². The molecule has 0 spiro atoms. The molecular weight excluding hydrogens is 176 g/mol. The van der Waals surface area contributed by atoms with Gasteiger partial charge in [0.1, 0.15) is 0 Å². The maximum absolute atomic E-state index is 9.15. The molecule has 1 unspecified atom stereocenters. The van der Waals surface area contributed by atoms with Gasteiger partial charge in [-0.3, -0.25) is 0 Å². The number of nitrogens with one attached hydrogen (secondary N) is 1. The van der Waals surface area contributed by atoms with Gasteiger partial charge in [0.2, 0.25) is 0 Å². The zero-order valence-corrected chi connectivity index (χ0v) is 10.1. The van der Waals surface area contributed by atoms with Gasteiger partial charge in [-0.15, -0.1) is 0 Å². The fourth-order valence-corrected chi connectivity index (χ4v) is 1.58. The molecule has 0 heterocycles. The third-order valence-electron chi connectivity index (χ3n) is 2.48. The topological polar surface area (TPSA) is 35.5 Å². The Morgan fingerprint density at radius 3 is 2.14 bits per heavy atom. The summed E-state index contributed by atoms with van der Waals surface area (Å²) in [6.45, 7) is 12.1. The smallest absolute Gasteiger partial charge is 0.0585 e. The van der Waals surface area contributed by atoms with Crippen molar-refractivity contribution >= 4 is 0 Å². The first-order valence-corrected chi connectivity index (χ1v) is 5.73. The summed E-state index contributed by atoms with van der Waals surface area (Å²) in [6, 6.07) is 0.694. The van der Waals surface area contributed by atoms with Gasteiger partial charge in [0.05, 0.1) is 6.61 Å². The number of hydrogen-bond acceptors (Lipinski definition) is 3. The van der Waals surface area contributed by atoms with Crippen LogP contribution in [-0.4, -0.2) is 48.3 Å². The van der Waals surface area contributed by atoms with Gasteiger partial charge < -0.3 is 15.3 Å². The Morgan fingerprint density at radius 2 is 1.79 bits per heavy atom. The summed E-state index contributed by atoms with van der Waals surface area (Å²) in [5, 5.41) is 12.5. The minimum atomic E-state index is 0.236. The van der Waals surface area contributed by atoms with Crippen LogP contribution in [0.5, 0.6) is 0 Å². The van der Waals surface area contributed by atoms with Crippen LogP contribution in [0.15, 0.2) is 0 Å². The molecule has 0 fully saturated rings. The predicted octanol–water partition coefficient (Wildman–Crippen LogP) is 1.08. The molecule has 2 N–H and O–H groups in total. The molecule has 14 heavy (non-hydrogen) atoms. The third kappa shape index (κ3) is 6.35. The lowest BCUT2D eigenvalue weighted by molar-refractivity contribution is 0.205. The van der Waals surface area contributed by atoms with Crippen molar-refractivity contribution in [2.45, 2.75) is 46.2 Å². The fraction of sp³-hybridized carbons (Fsp3) is 1.00. The lowest BCUT2D eigenvalue weighted by Crippen LogP contribution is -2.40. The van der Waals surface area contributed by atoms with Crippen LogP contribution in [0.25, 0.3) is 0 Å². The summed E-state index contributed by atoms with van der Waals surface area (Å²) in [7, 11) is 0. The highest BCUT2D eigenvalue weighted by Crippen LogP contribution is 1.97. The molecule has 0 aliphatic carbocycles. The van der Waals surface area contributed by atoms with E-state index in [1.165, 1.54) is 0 Å². The van der Waals surface area contributed by atoms with E-state index in [1.54, 1.807) is 0 Å². The van der Waals surface area contributed by atoms with Crippen molar-refractivity contribution in [3.8, 4) is 0 Å². The first-order chi connectivity index (χ1) is 6.63. The zero-order valence-electron chi connectivity index (χ0n) is 10.1. The lowest BCUT2D eigenvalue weighted by Gasteiger charge is -2.23. The Kier molecular flexibility index (Phi) is 8.14. The van der Waals surface area contributed by atoms with Crippen LogP contribution in [0.3, 0.4) is 0 Å². The highest BCUT2D eigenvalue weighted by molar-refractivity contribution is 4.70. The van der Waals surface area contributed by atoms with Crippen molar-refractivity contribution in [1.29, 1.82) is 0 Å². The van der Waals surface area contributed by atoms with E-state index >= 15 is 0 Å². The van der Waals surface area contributed by atoms with Crippen LogP contribution >= 0.6 is 0 Å². The number of aliphatic hydroxyl groups is 1. The molecule has 0 aromatic rings. The molecular formula is C11H26N2O. The van der Waals surface area contributed by atoms with Gasteiger partial charge in [-0.05, 0) is 26.1 Å². The summed E-state index contributed by atoms with van der Waals surface area (Å²) in [4.78, 5) is 2.38. The quantitative estimate of drug-likeness (QED) is 0.618. The standard InChI is InChI=1S/C11H26N2O/c1-5-13(6-2)8-7-11(9-14)12-10(3)4/h10-12,14H,5-9H2,1-4H3. The van der Waals surface area contributed by atoms with Crippen LogP contribution in [-0.2, 0) is 0 Å². The molecule has 0 saturated heterocycles. The molecule has 0 bridgehead atoms. The third-order valence-corrected chi connectivity index (χ3v) is 2.48. The second kappa shape index (κ2) is 8.21. The van der Waals surface area contributed by atoms with E-state index in [4.69, 9.17) is 5.11 Å². The van der Waals surface area contributed by atoms with Gasteiger partial charge in [0.25, 0.3) is 0 Å². The molecule has 3 heteroatoms. The Hall–Kier alpha value is -0.120. The van der Waals surface area contributed by atoms with Crippen molar-refractivity contribution in [3.63, 3.8) is 0 Å². The Balaban J connectivity index is 3.70. The molecule has 1 atom stereocenters. The first-order valence-electron chi connectivity index (χ1n) is 5.73. The van der Waals surface area contributed by atoms with Crippen LogP contribution in [0.2, 0.25) is 0 Å². The molecule has 0 aliphatic heterocycles. The molecule has 3 nitrogen and oxygen atoms in total. The molecule has 86 valence electrons. The maximum Gasteiger partial charge on any atom is 0.0585 e. The van der Waals surface area contributed by atoms with Crippen molar-refractivity contribution < 1.29 is 5.11 Å². The second-order valence-corrected chi connectivity index (χ2v) is 4.02. The molecule has 0 aromatic heterocycles. The number of hydrogen-bond donors (Lipinski definition) is 2. The van der Waals surface area contributed by atoms with Crippen molar-refractivity contribution in [3.05, 3.63) is 0 Å². The average molecular weight is 202 g/mol. The van der Waals surface area contributed by atoms with Crippen LogP contribution < -0.4 is 5.32 Å². The highest BCUT2D eigenvalue weighted by atomic mass is 16.3. The van der Waals surface area contributed by atoms with Crippen LogP contribution in [0.4, 0.5) is 0 Å². The highest BCUT2D eigenvalue weighted by Gasteiger charge is 2.09. The molecule has 0 amide bonds. The summed E-state index contributed by atoms with van der Waals surface area (Å²) < 4.78 is 0. The normalized spacial score (nSPS) is 13.9. The second-order valence-electron chi connectivity index (χ2n) is 4.02. The van der Waals surface area contributed by atoms with Gasteiger partial charge >= 0.3 is 0 Å². The molecule has 0 saturated carbocycles. The Labute approximate surface area is 88.5 Å². The summed E-state index contributed by atoms with van der Waals surface area (Å²) in [6.07, 6.45) is 1.02. The molecule has 0 radical (unpaired) electrons. The zero-order chi connectivity index (χ0) is 11.0. The van der Waals surface area contributed by atoms with Gasteiger partial charge in [-0.2, -0.15) is 0 Å². The fourth-order valence-electron chi connectivity index (χ4n) is 1.58. The summed E-state index contributed by atoms with van der Waals surface area (Å²) >= 11 is 0. The predicted molar refractivity (Wildman–Crippen MR) is 61.6 cm³/mol. The van der Waals surface area contributed by atoms with Crippen LogP contribution in [0, 0.1) is 0 Å². The first kappa shape index (κ1) is 13.9. The molecule has 0 rings (SSSR count). The maximum atomic E-state index is 9.15. The van der Waals surface area contributed by atoms with E-state index in [0.29, 0.717) is 6.04 Å². The van der Waals surface area contributed by atoms with Gasteiger partial charge in [-0.25, -0.2) is 0 Å². The van der Waals surface area contributed by atoms with Gasteiger partial charge in [0.15, 0.2) is 0 Å². The van der Waals surface area contributed by atoms with E-state index in [1.807, 2.05) is 0 Å². The van der Waals surface area contributed by atoms with E-state index in [2.05, 4.69) is 37.9 Å². The largest absolute Gasteiger partial charge is 0.395 e. The minimum Gasteiger partial charge on any atom is -0.395 e. The summed E-state index contributed by atoms with van der Waals surface area (Å²) in [5.41, 5.74) is 0. The monoisotopic (exact) mass is 202 g/mol. The number of rotatable bonds is 8. The number of aliphatic hydroxyl groups excluding tert-OH is 1. The summed E-state index contributed by atoms with van der Waals surface area (Å²) in [5.74, 6) is 0. The van der Waals surface area contributed by atoms with Gasteiger partial charge in [-0.1, -0.05) is 27.7 Å². The Morgan fingerprint density at radius 1 is 1.21 bits per heavy atom. The molecule has 0 aromatic carbocycles. The Bertz CT molecular complexity index is 124. The SMILES string of the molecule is CCN(CC)CCC(CO)NC(C)C. The minimum absolute atomic E-state index is 0.236. The van der Waals surface area contributed by atoms with E-state index in [9.17, 15) is 0 Å². The van der Waals surface area contributed by atoms with Crippen molar-refractivity contribution in [2.75, 3.05) is 26.2 Å². The van der Waals surface area contributed by atoms with E-state index in [0.717, 1.165) is 26.1 Å².